The van der Waals surface area contributed by atoms with Gasteiger partial charge in [0.05, 0.1) is 19.1 Å². The molecule has 0 saturated heterocycles. The predicted molar refractivity (Wildman–Crippen MR) is 127 cm³/mol. The largest absolute Gasteiger partial charge is 0.469 e. The molecule has 1 aromatic rings. The Hall–Kier alpha value is -2.12. The number of hydrogen-bond donors (Lipinski definition) is 2. The Bertz CT molecular complexity index is 806. The van der Waals surface area contributed by atoms with E-state index >= 15 is 0 Å². The van der Waals surface area contributed by atoms with Crippen LogP contribution < -0.4 is 10.1 Å². The molecular weight excluding hydrogens is 420 g/mol. The lowest BCUT2D eigenvalue weighted by molar-refractivity contribution is -0.144. The molecule has 3 rings (SSSR count). The minimum absolute atomic E-state index is 0.134. The molecule has 0 bridgehead atoms. The number of nitrogens with one attached hydrogen (secondary N) is 1. The number of benzene rings is 1. The summed E-state index contributed by atoms with van der Waals surface area (Å²) in [6, 6.07) is 7.28. The predicted octanol–water partition coefficient (Wildman–Crippen LogP) is 4.23. The minimum Gasteiger partial charge on any atom is -0.469 e. The van der Waals surface area contributed by atoms with E-state index in [4.69, 9.17) is 9.47 Å². The molecule has 0 aliphatic heterocycles. The third-order valence-corrected chi connectivity index (χ3v) is 7.43. The first-order valence-electron chi connectivity index (χ1n) is 12.3. The molecule has 0 heterocycles. The zero-order valence-corrected chi connectivity index (χ0v) is 20.4. The molecule has 2 fully saturated rings. The topological polar surface area (TPSA) is 88.1 Å². The first kappa shape index (κ1) is 25.5. The molecule has 2 atom stereocenters. The SMILES string of the molecule is COC(=O)CC1(CNC(=O)Oc2cccc([C@@]3(O)CCCC[C@@H]3CN(C)C)c2)CCCCC1. The summed E-state index contributed by atoms with van der Waals surface area (Å²) < 4.78 is 10.5. The van der Waals surface area contributed by atoms with Gasteiger partial charge < -0.3 is 24.8 Å². The fraction of sp³-hybridized carbons (Fsp3) is 0.692. The summed E-state index contributed by atoms with van der Waals surface area (Å²) in [5.74, 6) is 0.306. The van der Waals surface area contributed by atoms with Crippen molar-refractivity contribution < 1.29 is 24.2 Å². The van der Waals surface area contributed by atoms with Gasteiger partial charge in [-0.05, 0) is 62.9 Å². The summed E-state index contributed by atoms with van der Waals surface area (Å²) in [4.78, 5) is 26.7. The highest BCUT2D eigenvalue weighted by Crippen LogP contribution is 2.43. The first-order valence-corrected chi connectivity index (χ1v) is 12.3. The van der Waals surface area contributed by atoms with E-state index in [0.717, 1.165) is 63.5 Å². The van der Waals surface area contributed by atoms with Crippen LogP contribution in [0.5, 0.6) is 5.75 Å². The molecule has 7 heteroatoms. The maximum absolute atomic E-state index is 12.6. The number of methoxy groups -OCH3 is 1. The van der Waals surface area contributed by atoms with E-state index in [9.17, 15) is 14.7 Å². The Labute approximate surface area is 197 Å². The van der Waals surface area contributed by atoms with Crippen LogP contribution >= 0.6 is 0 Å². The molecule has 2 aliphatic rings. The molecule has 0 radical (unpaired) electrons. The molecule has 2 saturated carbocycles. The van der Waals surface area contributed by atoms with E-state index in [1.807, 2.05) is 26.2 Å². The van der Waals surface area contributed by atoms with E-state index < -0.39 is 11.7 Å². The van der Waals surface area contributed by atoms with Gasteiger partial charge in [-0.1, -0.05) is 44.2 Å². The lowest BCUT2D eigenvalue weighted by atomic mass is 9.71. The highest BCUT2D eigenvalue weighted by molar-refractivity contribution is 5.72. The third kappa shape index (κ3) is 6.70. The first-order chi connectivity index (χ1) is 15.8. The van der Waals surface area contributed by atoms with Gasteiger partial charge in [-0.25, -0.2) is 4.79 Å². The average Bonchev–Trinajstić information content (AvgIpc) is 2.80. The molecule has 7 nitrogen and oxygen atoms in total. The van der Waals surface area contributed by atoms with E-state index in [-0.39, 0.29) is 17.3 Å². The number of esters is 1. The van der Waals surface area contributed by atoms with Gasteiger partial charge >= 0.3 is 12.1 Å². The third-order valence-electron chi connectivity index (χ3n) is 7.43. The van der Waals surface area contributed by atoms with E-state index in [0.29, 0.717) is 25.1 Å². The standard InChI is InChI=1S/C26H40N2O5/c1-28(2)18-21-10-5-8-15-26(21,31)20-11-9-12-22(16-20)33-24(30)27-19-25(17-23(29)32-3)13-6-4-7-14-25/h9,11-12,16,21,31H,4-8,10,13-15,17-19H2,1-3H3,(H,27,30)/t21-,26+/m1/s1. The minimum atomic E-state index is -0.926. The van der Waals surface area contributed by atoms with Gasteiger partial charge in [0.15, 0.2) is 0 Å². The molecule has 0 aromatic heterocycles. The zero-order valence-electron chi connectivity index (χ0n) is 20.4. The van der Waals surface area contributed by atoms with Gasteiger partial charge in [-0.15, -0.1) is 0 Å². The van der Waals surface area contributed by atoms with Gasteiger partial charge in [0.25, 0.3) is 0 Å². The number of hydrogen-bond acceptors (Lipinski definition) is 6. The second-order valence-electron chi connectivity index (χ2n) is 10.2. The van der Waals surface area contributed by atoms with Crippen LogP contribution in [0.4, 0.5) is 4.79 Å². The smallest absolute Gasteiger partial charge is 0.412 e. The van der Waals surface area contributed by atoms with Gasteiger partial charge in [-0.3, -0.25) is 4.79 Å². The molecule has 33 heavy (non-hydrogen) atoms. The van der Waals surface area contributed by atoms with E-state index in [1.165, 1.54) is 7.11 Å². The van der Waals surface area contributed by atoms with Gasteiger partial charge in [0.2, 0.25) is 0 Å². The second-order valence-corrected chi connectivity index (χ2v) is 10.2. The Morgan fingerprint density at radius 2 is 1.85 bits per heavy atom. The van der Waals surface area contributed by atoms with E-state index in [1.54, 1.807) is 12.1 Å². The zero-order chi connectivity index (χ0) is 23.9. The number of amides is 1. The molecule has 0 spiro atoms. The van der Waals surface area contributed by atoms with Crippen LogP contribution in [0.15, 0.2) is 24.3 Å². The van der Waals surface area contributed by atoms with Gasteiger partial charge in [-0.2, -0.15) is 0 Å². The van der Waals surface area contributed by atoms with Crippen molar-refractivity contribution in [3.8, 4) is 5.75 Å². The molecule has 184 valence electrons. The summed E-state index contributed by atoms with van der Waals surface area (Å²) in [5.41, 5.74) is -0.401. The van der Waals surface area contributed by atoms with Crippen molar-refractivity contribution in [2.24, 2.45) is 11.3 Å². The molecule has 0 unspecified atom stereocenters. The molecule has 1 aromatic carbocycles. The van der Waals surface area contributed by atoms with Crippen LogP contribution in [0.25, 0.3) is 0 Å². The average molecular weight is 461 g/mol. The van der Waals surface area contributed by atoms with Crippen molar-refractivity contribution in [2.45, 2.75) is 69.8 Å². The molecular formula is C26H40N2O5. The van der Waals surface area contributed by atoms with Crippen LogP contribution in [-0.4, -0.2) is 56.4 Å². The van der Waals surface area contributed by atoms with Crippen molar-refractivity contribution >= 4 is 12.1 Å². The summed E-state index contributed by atoms with van der Waals surface area (Å²) in [6.07, 6.45) is 8.56. The number of rotatable bonds is 8. The van der Waals surface area contributed by atoms with Crippen LogP contribution in [0.2, 0.25) is 0 Å². The summed E-state index contributed by atoms with van der Waals surface area (Å²) >= 11 is 0. The van der Waals surface area contributed by atoms with Crippen molar-refractivity contribution in [1.82, 2.24) is 10.2 Å². The van der Waals surface area contributed by atoms with Gasteiger partial charge in [0, 0.05) is 19.0 Å². The molecule has 2 N–H and O–H groups in total. The van der Waals surface area contributed by atoms with Crippen molar-refractivity contribution in [2.75, 3.05) is 34.3 Å². The van der Waals surface area contributed by atoms with Crippen LogP contribution in [0, 0.1) is 11.3 Å². The van der Waals surface area contributed by atoms with Crippen LogP contribution in [0.3, 0.4) is 0 Å². The monoisotopic (exact) mass is 460 g/mol. The maximum atomic E-state index is 12.6. The Morgan fingerprint density at radius 3 is 2.55 bits per heavy atom. The highest BCUT2D eigenvalue weighted by atomic mass is 16.6. The number of aliphatic hydroxyl groups is 1. The van der Waals surface area contributed by atoms with Crippen molar-refractivity contribution in [3.05, 3.63) is 29.8 Å². The Kier molecular flexibility index (Phi) is 8.76. The number of carbonyl (C=O) groups excluding carboxylic acids is 2. The van der Waals surface area contributed by atoms with Crippen molar-refractivity contribution in [1.29, 1.82) is 0 Å². The number of ether oxygens (including phenoxy) is 2. The lowest BCUT2D eigenvalue weighted by Crippen LogP contribution is -2.43. The Balaban J connectivity index is 1.65. The summed E-state index contributed by atoms with van der Waals surface area (Å²) in [7, 11) is 5.45. The second kappa shape index (κ2) is 11.3. The molecule has 2 aliphatic carbocycles. The normalized spacial score (nSPS) is 24.8. The maximum Gasteiger partial charge on any atom is 0.412 e. The highest BCUT2D eigenvalue weighted by Gasteiger charge is 2.41. The fourth-order valence-corrected chi connectivity index (χ4v) is 5.62. The summed E-state index contributed by atoms with van der Waals surface area (Å²) in [5, 5.41) is 14.5. The van der Waals surface area contributed by atoms with Gasteiger partial charge in [0.1, 0.15) is 5.75 Å². The van der Waals surface area contributed by atoms with Crippen LogP contribution in [-0.2, 0) is 15.1 Å². The Morgan fingerprint density at radius 1 is 1.12 bits per heavy atom. The molecule has 1 amide bonds. The van der Waals surface area contributed by atoms with E-state index in [2.05, 4.69) is 10.2 Å². The fourth-order valence-electron chi connectivity index (χ4n) is 5.62. The summed E-state index contributed by atoms with van der Waals surface area (Å²) in [6.45, 7) is 1.19. The number of nitrogens with zero attached hydrogens (tertiary/aromatic N) is 1. The van der Waals surface area contributed by atoms with Crippen LogP contribution in [0.1, 0.15) is 69.8 Å². The quantitative estimate of drug-likeness (QED) is 0.565. The van der Waals surface area contributed by atoms with Crippen molar-refractivity contribution in [3.63, 3.8) is 0 Å². The lowest BCUT2D eigenvalue weighted by Gasteiger charge is -2.41. The number of carbonyl (C=O) groups is 2.